The van der Waals surface area contributed by atoms with Crippen LogP contribution in [0.25, 0.3) is 0 Å². The Hall–Kier alpha value is -1.09. The predicted molar refractivity (Wildman–Crippen MR) is 77.2 cm³/mol. The number of hydrogen-bond donors (Lipinski definition) is 1. The molecule has 1 aliphatic heterocycles. The van der Waals surface area contributed by atoms with Crippen LogP contribution < -0.4 is 10.2 Å². The van der Waals surface area contributed by atoms with Crippen molar-refractivity contribution in [3.05, 3.63) is 29.6 Å². The molecule has 1 aliphatic carbocycles. The summed E-state index contributed by atoms with van der Waals surface area (Å²) in [7, 11) is 0. The smallest absolute Gasteiger partial charge is 0.125 e. The summed E-state index contributed by atoms with van der Waals surface area (Å²) in [6.07, 6.45) is 6.15. The van der Waals surface area contributed by atoms with E-state index in [1.54, 1.807) is 12.1 Å². The second-order valence-corrected chi connectivity index (χ2v) is 5.94. The summed E-state index contributed by atoms with van der Waals surface area (Å²) in [6.45, 7) is 4.42. The first-order valence-corrected chi connectivity index (χ1v) is 7.52. The van der Waals surface area contributed by atoms with Gasteiger partial charge in [-0.2, -0.15) is 0 Å². The predicted octanol–water partition coefficient (Wildman–Crippen LogP) is 3.11. The van der Waals surface area contributed by atoms with Crippen LogP contribution in [0.1, 0.15) is 38.2 Å². The van der Waals surface area contributed by atoms with E-state index in [1.807, 2.05) is 6.07 Å². The first-order chi connectivity index (χ1) is 9.24. The molecule has 1 fully saturated rings. The maximum atomic E-state index is 13.4. The fourth-order valence-corrected chi connectivity index (χ4v) is 2.98. The number of rotatable bonds is 6. The van der Waals surface area contributed by atoms with Crippen molar-refractivity contribution in [2.75, 3.05) is 18.0 Å². The van der Waals surface area contributed by atoms with Gasteiger partial charge in [0, 0.05) is 24.3 Å². The molecule has 1 atom stereocenters. The summed E-state index contributed by atoms with van der Waals surface area (Å²) in [6, 6.07) is 6.51. The van der Waals surface area contributed by atoms with Crippen molar-refractivity contribution < 1.29 is 4.39 Å². The van der Waals surface area contributed by atoms with Crippen LogP contribution in [0.3, 0.4) is 0 Å². The van der Waals surface area contributed by atoms with Crippen LogP contribution in [-0.4, -0.2) is 25.2 Å². The molecular weight excluding hydrogens is 239 g/mol. The molecule has 3 rings (SSSR count). The van der Waals surface area contributed by atoms with Crippen molar-refractivity contribution in [3.63, 3.8) is 0 Å². The normalized spacial score (nSPS) is 19.6. The molecule has 2 nitrogen and oxygen atoms in total. The van der Waals surface area contributed by atoms with E-state index in [-0.39, 0.29) is 5.82 Å². The van der Waals surface area contributed by atoms with E-state index < -0.39 is 0 Å². The Bertz CT molecular complexity index is 442. The molecule has 3 heteroatoms. The minimum absolute atomic E-state index is 0.117. The Morgan fingerprint density at radius 1 is 1.42 bits per heavy atom. The fourth-order valence-electron chi connectivity index (χ4n) is 2.98. The maximum Gasteiger partial charge on any atom is 0.125 e. The van der Waals surface area contributed by atoms with E-state index in [4.69, 9.17) is 0 Å². The lowest BCUT2D eigenvalue weighted by Crippen LogP contribution is -2.32. The molecule has 1 saturated carbocycles. The Balaban J connectivity index is 1.53. The quantitative estimate of drug-likeness (QED) is 0.792. The topological polar surface area (TPSA) is 15.3 Å². The van der Waals surface area contributed by atoms with Gasteiger partial charge in [0.2, 0.25) is 0 Å². The Kier molecular flexibility index (Phi) is 3.74. The third kappa shape index (κ3) is 3.08. The summed E-state index contributed by atoms with van der Waals surface area (Å²) in [5, 5.41) is 3.55. The second-order valence-electron chi connectivity index (χ2n) is 5.94. The molecule has 0 radical (unpaired) electrons. The van der Waals surface area contributed by atoms with Gasteiger partial charge in [0.25, 0.3) is 0 Å². The zero-order valence-electron chi connectivity index (χ0n) is 11.7. The monoisotopic (exact) mass is 262 g/mol. The molecule has 1 heterocycles. The van der Waals surface area contributed by atoms with E-state index in [0.717, 1.165) is 31.2 Å². The van der Waals surface area contributed by atoms with E-state index in [0.29, 0.717) is 6.04 Å². The molecule has 1 N–H and O–H groups in total. The minimum Gasteiger partial charge on any atom is -0.368 e. The molecular formula is C16H23FN2. The van der Waals surface area contributed by atoms with E-state index in [1.165, 1.54) is 31.2 Å². The van der Waals surface area contributed by atoms with Crippen LogP contribution in [0.15, 0.2) is 18.2 Å². The summed E-state index contributed by atoms with van der Waals surface area (Å²) < 4.78 is 13.4. The number of anilines is 1. The average molecular weight is 262 g/mol. The highest BCUT2D eigenvalue weighted by Gasteiger charge is 2.24. The molecule has 0 bridgehead atoms. The largest absolute Gasteiger partial charge is 0.368 e. The zero-order valence-corrected chi connectivity index (χ0v) is 11.7. The summed E-state index contributed by atoms with van der Waals surface area (Å²) in [5.74, 6) is -0.117. The van der Waals surface area contributed by atoms with Gasteiger partial charge < -0.3 is 10.2 Å². The van der Waals surface area contributed by atoms with Crippen LogP contribution in [0.4, 0.5) is 10.1 Å². The molecule has 0 aromatic heterocycles. The lowest BCUT2D eigenvalue weighted by Gasteiger charge is -2.27. The Labute approximate surface area is 115 Å². The summed E-state index contributed by atoms with van der Waals surface area (Å²) >= 11 is 0. The lowest BCUT2D eigenvalue weighted by molar-refractivity contribution is 0.545. The molecule has 19 heavy (non-hydrogen) atoms. The number of hydrogen-bond acceptors (Lipinski definition) is 2. The van der Waals surface area contributed by atoms with Crippen LogP contribution in [0.5, 0.6) is 0 Å². The van der Waals surface area contributed by atoms with E-state index >= 15 is 0 Å². The number of benzene rings is 1. The second kappa shape index (κ2) is 5.49. The highest BCUT2D eigenvalue weighted by atomic mass is 19.1. The maximum absolute atomic E-state index is 13.4. The van der Waals surface area contributed by atoms with Crippen molar-refractivity contribution in [1.29, 1.82) is 0 Å². The lowest BCUT2D eigenvalue weighted by atomic mass is 10.1. The standard InChI is InChI=1S/C16H23FN2/c1-12(3-2-9-18-15-6-7-15)19-10-8-13-4-5-14(17)11-16(13)19/h4-5,11-12,15,18H,2-3,6-10H2,1H3. The van der Waals surface area contributed by atoms with Crippen molar-refractivity contribution in [3.8, 4) is 0 Å². The van der Waals surface area contributed by atoms with Gasteiger partial charge in [0.05, 0.1) is 0 Å². The highest BCUT2D eigenvalue weighted by Crippen LogP contribution is 2.31. The third-order valence-corrected chi connectivity index (χ3v) is 4.32. The minimum atomic E-state index is -0.117. The van der Waals surface area contributed by atoms with Crippen molar-refractivity contribution >= 4 is 5.69 Å². The molecule has 1 aromatic carbocycles. The van der Waals surface area contributed by atoms with Crippen LogP contribution in [-0.2, 0) is 6.42 Å². The Morgan fingerprint density at radius 2 is 2.26 bits per heavy atom. The van der Waals surface area contributed by atoms with E-state index in [9.17, 15) is 4.39 Å². The molecule has 1 aromatic rings. The zero-order chi connectivity index (χ0) is 13.2. The molecule has 0 spiro atoms. The van der Waals surface area contributed by atoms with Gasteiger partial charge in [-0.3, -0.25) is 0 Å². The van der Waals surface area contributed by atoms with Gasteiger partial charge in [-0.15, -0.1) is 0 Å². The molecule has 0 saturated heterocycles. The average Bonchev–Trinajstić information content (AvgIpc) is 3.13. The Morgan fingerprint density at radius 3 is 3.05 bits per heavy atom. The molecule has 104 valence electrons. The third-order valence-electron chi connectivity index (χ3n) is 4.32. The van der Waals surface area contributed by atoms with Gasteiger partial charge in [0.15, 0.2) is 0 Å². The van der Waals surface area contributed by atoms with Crippen molar-refractivity contribution in [1.82, 2.24) is 5.32 Å². The molecule has 2 aliphatic rings. The van der Waals surface area contributed by atoms with Gasteiger partial charge in [-0.1, -0.05) is 6.07 Å². The van der Waals surface area contributed by atoms with Crippen molar-refractivity contribution in [2.45, 2.75) is 51.1 Å². The first-order valence-electron chi connectivity index (χ1n) is 7.52. The fraction of sp³-hybridized carbons (Fsp3) is 0.625. The molecule has 0 amide bonds. The van der Waals surface area contributed by atoms with Crippen LogP contribution in [0, 0.1) is 5.82 Å². The van der Waals surface area contributed by atoms with Gasteiger partial charge >= 0.3 is 0 Å². The summed E-state index contributed by atoms with van der Waals surface area (Å²) in [5.41, 5.74) is 2.41. The summed E-state index contributed by atoms with van der Waals surface area (Å²) in [4.78, 5) is 2.37. The van der Waals surface area contributed by atoms with Crippen LogP contribution in [0.2, 0.25) is 0 Å². The number of nitrogens with zero attached hydrogens (tertiary/aromatic N) is 1. The first kappa shape index (κ1) is 12.9. The number of nitrogens with one attached hydrogen (secondary N) is 1. The van der Waals surface area contributed by atoms with Gasteiger partial charge in [-0.25, -0.2) is 4.39 Å². The van der Waals surface area contributed by atoms with Gasteiger partial charge in [-0.05, 0) is 63.3 Å². The SMILES string of the molecule is CC(CCCNC1CC1)N1CCc2ccc(F)cc21. The van der Waals surface area contributed by atoms with Gasteiger partial charge in [0.1, 0.15) is 5.82 Å². The van der Waals surface area contributed by atoms with Crippen molar-refractivity contribution in [2.24, 2.45) is 0 Å². The molecule has 1 unspecified atom stereocenters. The van der Waals surface area contributed by atoms with E-state index in [2.05, 4.69) is 17.1 Å². The number of fused-ring (bicyclic) bond motifs is 1. The number of halogens is 1. The van der Waals surface area contributed by atoms with Crippen LogP contribution >= 0.6 is 0 Å². The highest BCUT2D eigenvalue weighted by molar-refractivity contribution is 5.58.